The molecule has 43 heavy (non-hydrogen) atoms. The molecule has 0 radical (unpaired) electrons. The van der Waals surface area contributed by atoms with E-state index in [2.05, 4.69) is 49.0 Å². The second kappa shape index (κ2) is 11.8. The first-order chi connectivity index (χ1) is 20.4. The van der Waals surface area contributed by atoms with Crippen LogP contribution in [-0.4, -0.2) is 75.4 Å². The average molecular weight is 676 g/mol. The minimum Gasteiger partial charge on any atom is -0.383 e. The van der Waals surface area contributed by atoms with Crippen molar-refractivity contribution in [2.24, 2.45) is 0 Å². The lowest BCUT2D eigenvalue weighted by atomic mass is 10.2. The van der Waals surface area contributed by atoms with Crippen LogP contribution in [0.3, 0.4) is 0 Å². The van der Waals surface area contributed by atoms with Gasteiger partial charge < -0.3 is 39.8 Å². The van der Waals surface area contributed by atoms with Crippen LogP contribution < -0.4 is 17.0 Å². The number of nitrogen functional groups attached to an aromatic ring is 2. The van der Waals surface area contributed by atoms with E-state index >= 15 is 0 Å². The van der Waals surface area contributed by atoms with E-state index in [1.54, 1.807) is 0 Å². The van der Waals surface area contributed by atoms with Crippen LogP contribution in [0.5, 0.6) is 0 Å². The Balaban J connectivity index is 1.14. The van der Waals surface area contributed by atoms with Crippen molar-refractivity contribution in [1.29, 1.82) is 0 Å². The first-order valence-electron chi connectivity index (χ1n) is 12.8. The summed E-state index contributed by atoms with van der Waals surface area (Å²) in [6.07, 6.45) is 2.21. The molecule has 7 N–H and O–H groups in total. The molecule has 3 unspecified atom stereocenters. The normalized spacial score (nSPS) is 26.0. The fourth-order valence-electron chi connectivity index (χ4n) is 5.09. The molecule has 18 nitrogen and oxygen atoms in total. The van der Waals surface area contributed by atoms with Crippen LogP contribution >= 0.6 is 25.8 Å². The third-order valence-corrected chi connectivity index (χ3v) is 9.37. The molecule has 2 fully saturated rings. The van der Waals surface area contributed by atoms with Gasteiger partial charge in [-0.1, -0.05) is 12.2 Å². The van der Waals surface area contributed by atoms with Crippen molar-refractivity contribution in [2.75, 3.05) is 24.7 Å². The maximum atomic E-state index is 13.4. The van der Waals surface area contributed by atoms with Gasteiger partial charge in [-0.3, -0.25) is 23.4 Å². The minimum atomic E-state index is -4.03. The molecule has 6 rings (SSSR count). The first kappa shape index (κ1) is 30.5. The quantitative estimate of drug-likeness (QED) is 0.103. The number of nitrogens with zero attached hydrogens (tertiary/aromatic N) is 6. The Bertz CT molecular complexity index is 1810. The van der Waals surface area contributed by atoms with Crippen LogP contribution in [-0.2, 0) is 39.4 Å². The molecule has 0 spiro atoms. The second-order valence-corrected chi connectivity index (χ2v) is 15.4. The summed E-state index contributed by atoms with van der Waals surface area (Å²) in [5.74, 6) is 0.211. The van der Waals surface area contributed by atoms with E-state index in [0.29, 0.717) is 29.7 Å². The summed E-state index contributed by atoms with van der Waals surface area (Å²) in [5, 5.41) is 0.711. The standard InChI is InChI=1S/C21H27N9O9P2S2/c22-16-12-3-4-29(17(12)25-8-24-16)14-2-1-10(37-14)6-36-41(34,43)39-13-5-11(7-35-40(32,33)42)38-20(13)30-9-26-15-18(30)27-21(23)28-19(15)31/h3-4,8-11,13-14,20H,1-2,5-7H2,(H,34,43)(H2,22,24,25)(H2,32,33,42)(H3,23,27,28,31)/t10-,11?,13?,14+,20+,41?/m0/s1. The molecule has 2 aliphatic heterocycles. The highest BCUT2D eigenvalue weighted by molar-refractivity contribution is 8.44. The number of hydrogen-bond donors (Lipinski definition) is 6. The minimum absolute atomic E-state index is 0.0136. The number of nitrogens with one attached hydrogen (secondary N) is 1. The topological polar surface area (TPSA) is 250 Å². The molecule has 0 aliphatic carbocycles. The summed E-state index contributed by atoms with van der Waals surface area (Å²) in [6.45, 7) is -8.39. The lowest BCUT2D eigenvalue weighted by Crippen LogP contribution is -2.23. The molecule has 6 heterocycles. The molecule has 232 valence electrons. The van der Waals surface area contributed by atoms with Crippen LogP contribution in [0.15, 0.2) is 29.7 Å². The summed E-state index contributed by atoms with van der Waals surface area (Å²) in [7, 11) is 0. The van der Waals surface area contributed by atoms with Gasteiger partial charge in [0.1, 0.15) is 30.1 Å². The van der Waals surface area contributed by atoms with Gasteiger partial charge in [-0.2, -0.15) is 4.98 Å². The Morgan fingerprint density at radius 2 is 1.91 bits per heavy atom. The highest BCUT2D eigenvalue weighted by Crippen LogP contribution is 2.57. The van der Waals surface area contributed by atoms with Gasteiger partial charge in [0.25, 0.3) is 5.56 Å². The molecule has 22 heteroatoms. The van der Waals surface area contributed by atoms with Crippen molar-refractivity contribution < 1.29 is 37.4 Å². The van der Waals surface area contributed by atoms with Gasteiger partial charge in [-0.25, -0.2) is 19.5 Å². The van der Waals surface area contributed by atoms with Crippen molar-refractivity contribution in [2.45, 2.75) is 50.0 Å². The number of aromatic amines is 1. The van der Waals surface area contributed by atoms with Crippen LogP contribution in [0.25, 0.3) is 22.2 Å². The van der Waals surface area contributed by atoms with Gasteiger partial charge in [-0.05, 0) is 30.7 Å². The molecule has 6 atom stereocenters. The monoisotopic (exact) mass is 675 g/mol. The van der Waals surface area contributed by atoms with Crippen molar-refractivity contribution in [3.8, 4) is 0 Å². The molecule has 2 aliphatic rings. The molecule has 0 bridgehead atoms. The van der Waals surface area contributed by atoms with Gasteiger partial charge >= 0.3 is 13.5 Å². The zero-order valence-electron chi connectivity index (χ0n) is 22.1. The van der Waals surface area contributed by atoms with Crippen molar-refractivity contribution in [1.82, 2.24) is 34.1 Å². The lowest BCUT2D eigenvalue weighted by Gasteiger charge is -2.24. The van der Waals surface area contributed by atoms with Crippen LogP contribution in [0.2, 0.25) is 0 Å². The molecule has 0 saturated carbocycles. The van der Waals surface area contributed by atoms with Gasteiger partial charge in [0.05, 0.1) is 37.1 Å². The van der Waals surface area contributed by atoms with Crippen LogP contribution in [0.4, 0.5) is 11.8 Å². The number of ether oxygens (including phenoxy) is 2. The predicted octanol–water partition coefficient (Wildman–Crippen LogP) is 1.36. The van der Waals surface area contributed by atoms with E-state index in [4.69, 9.17) is 34.5 Å². The molecule has 0 aromatic carbocycles. The molecule has 2 saturated heterocycles. The fourth-order valence-corrected chi connectivity index (χ4v) is 7.14. The van der Waals surface area contributed by atoms with E-state index in [9.17, 15) is 19.1 Å². The Hall–Kier alpha value is -2.48. The largest absolute Gasteiger partial charge is 0.386 e. The van der Waals surface area contributed by atoms with Gasteiger partial charge in [0, 0.05) is 12.6 Å². The number of H-pyrrole nitrogens is 1. The second-order valence-electron chi connectivity index (χ2n) is 9.86. The SMILES string of the molecule is Nc1nc2c(ncn2[C@@H]2OC(COP(O)(O)=S)CC2OP(=O)(S)OC[C@@H]2CC[C@H](n3ccc4c(N)ncnc43)O2)c(=O)[nH]1. The van der Waals surface area contributed by atoms with Crippen molar-refractivity contribution in [3.05, 3.63) is 35.3 Å². The smallest absolute Gasteiger partial charge is 0.383 e. The predicted molar refractivity (Wildman–Crippen MR) is 158 cm³/mol. The third kappa shape index (κ3) is 6.64. The molecule has 0 amide bonds. The van der Waals surface area contributed by atoms with Gasteiger partial charge in [0.15, 0.2) is 17.4 Å². The number of rotatable bonds is 10. The van der Waals surface area contributed by atoms with E-state index in [1.165, 1.54) is 17.2 Å². The Labute approximate surface area is 252 Å². The number of hydrogen-bond acceptors (Lipinski definition) is 14. The number of anilines is 2. The maximum absolute atomic E-state index is 13.4. The summed E-state index contributed by atoms with van der Waals surface area (Å²) in [6, 6.07) is 1.81. The summed E-state index contributed by atoms with van der Waals surface area (Å²) in [4.78, 5) is 50.1. The zero-order valence-corrected chi connectivity index (χ0v) is 25.6. The number of imidazole rings is 1. The van der Waals surface area contributed by atoms with Gasteiger partial charge in [0.2, 0.25) is 5.95 Å². The van der Waals surface area contributed by atoms with Crippen LogP contribution in [0.1, 0.15) is 31.7 Å². The Morgan fingerprint density at radius 1 is 1.12 bits per heavy atom. The van der Waals surface area contributed by atoms with E-state index in [-0.39, 0.29) is 43.0 Å². The summed E-state index contributed by atoms with van der Waals surface area (Å²) < 4.78 is 45.1. The Kier molecular flexibility index (Phi) is 8.38. The van der Waals surface area contributed by atoms with Crippen molar-refractivity contribution >= 4 is 71.5 Å². The molecule has 4 aromatic rings. The lowest BCUT2D eigenvalue weighted by molar-refractivity contribution is -0.0457. The average Bonchev–Trinajstić information content (AvgIpc) is 3.71. The summed E-state index contributed by atoms with van der Waals surface area (Å²) in [5.41, 5.74) is 11.8. The number of fused-ring (bicyclic) bond motifs is 2. The number of aromatic nitrogens is 7. The number of nitrogens with two attached hydrogens (primary N) is 2. The molecule has 4 aromatic heterocycles. The maximum Gasteiger partial charge on any atom is 0.386 e. The Morgan fingerprint density at radius 3 is 2.70 bits per heavy atom. The third-order valence-electron chi connectivity index (χ3n) is 6.93. The first-order valence-corrected chi connectivity index (χ1v) is 18.1. The van der Waals surface area contributed by atoms with Crippen molar-refractivity contribution in [3.63, 3.8) is 0 Å². The van der Waals surface area contributed by atoms with E-state index < -0.39 is 43.6 Å². The highest BCUT2D eigenvalue weighted by Gasteiger charge is 2.43. The molecular formula is C21H27N9O9P2S2. The van der Waals surface area contributed by atoms with Crippen LogP contribution in [0, 0.1) is 0 Å². The highest BCUT2D eigenvalue weighted by atomic mass is 32.7. The fraction of sp³-hybridized carbons (Fsp3) is 0.476. The van der Waals surface area contributed by atoms with E-state index in [1.807, 2.05) is 16.8 Å². The number of thiol groups is 1. The van der Waals surface area contributed by atoms with E-state index in [0.717, 1.165) is 0 Å². The van der Waals surface area contributed by atoms with Gasteiger partial charge in [-0.15, -0.1) is 0 Å². The summed E-state index contributed by atoms with van der Waals surface area (Å²) >= 11 is 8.70. The zero-order chi connectivity index (χ0) is 30.5. The molecular weight excluding hydrogens is 648 g/mol.